The van der Waals surface area contributed by atoms with Crippen LogP contribution in [0.2, 0.25) is 0 Å². The Balaban J connectivity index is 5.27. The number of aliphatic hydroxyl groups excluding tert-OH is 1. The molecule has 0 aliphatic heterocycles. The van der Waals surface area contributed by atoms with E-state index in [4.69, 9.17) is 16.6 Å². The number of carboxylic acid groups (broad SMARTS) is 1. The molecule has 6 atom stereocenters. The summed E-state index contributed by atoms with van der Waals surface area (Å²) in [5, 5.41) is 35.0. The number of carbonyl (C=O) groups excluding carboxylic acids is 6. The van der Waals surface area contributed by atoms with Gasteiger partial charge in [-0.25, -0.2) is 4.79 Å². The van der Waals surface area contributed by atoms with E-state index in [1.54, 1.807) is 0 Å². The molecule has 306 valence electrons. The third kappa shape index (κ3) is 22.9. The summed E-state index contributed by atoms with van der Waals surface area (Å²) in [4.78, 5) is 88.0. The lowest BCUT2D eigenvalue weighted by Gasteiger charge is -2.27. The van der Waals surface area contributed by atoms with E-state index in [1.807, 2.05) is 0 Å². The Morgan fingerprint density at radius 1 is 0.566 bits per heavy atom. The molecule has 0 spiro atoms. The zero-order valence-electron chi connectivity index (χ0n) is 32.3. The first-order valence-electron chi connectivity index (χ1n) is 19.3. The smallest absolute Gasteiger partial charge is 0.374 e. The number of hydrogen-bond donors (Lipinski definition) is 10. The van der Waals surface area contributed by atoms with Crippen LogP contribution >= 0.6 is 0 Å². The summed E-state index contributed by atoms with van der Waals surface area (Å²) in [6.45, 7) is 7.95. The number of aliphatic hydroxyl groups is 1. The molecule has 0 radical (unpaired) electrons. The number of carboxylic acids is 1. The van der Waals surface area contributed by atoms with Crippen molar-refractivity contribution in [1.29, 1.82) is 0 Å². The van der Waals surface area contributed by atoms with Crippen LogP contribution in [0.3, 0.4) is 0 Å². The number of hydrogen-bond acceptors (Lipinski definition) is 11. The first-order chi connectivity index (χ1) is 25.2. The maximum absolute atomic E-state index is 13.3. The van der Waals surface area contributed by atoms with Gasteiger partial charge in [-0.2, -0.15) is 0 Å². The molecule has 0 bridgehead atoms. The Labute approximate surface area is 314 Å². The van der Waals surface area contributed by atoms with Crippen LogP contribution < -0.4 is 43.4 Å². The molecule has 0 aromatic heterocycles. The van der Waals surface area contributed by atoms with Gasteiger partial charge in [-0.05, 0) is 85.4 Å². The summed E-state index contributed by atoms with van der Waals surface area (Å²) in [7, 11) is 0. The van der Waals surface area contributed by atoms with Gasteiger partial charge >= 0.3 is 5.97 Å². The molecule has 0 aromatic rings. The first-order valence-corrected chi connectivity index (χ1v) is 19.3. The van der Waals surface area contributed by atoms with Crippen LogP contribution in [-0.2, 0) is 33.6 Å². The minimum atomic E-state index is -1.72. The van der Waals surface area contributed by atoms with E-state index in [1.165, 1.54) is 59.3 Å². The molecule has 0 aromatic carbocycles. The average molecular weight is 757 g/mol. The number of aliphatic carboxylic acids is 1. The number of Topliss-reactive ketones (excluding diaryl/α,β-unsaturated/α-hetero) is 1. The second kappa shape index (κ2) is 29.7. The van der Waals surface area contributed by atoms with Crippen LogP contribution in [0, 0.1) is 0 Å². The minimum absolute atomic E-state index is 0.113. The second-order valence-corrected chi connectivity index (χ2v) is 13.6. The fraction of sp³-hybridized carbons (Fsp3) is 0.806. The monoisotopic (exact) mass is 757 g/mol. The average Bonchev–Trinajstić information content (AvgIpc) is 3.11. The summed E-state index contributed by atoms with van der Waals surface area (Å²) in [6.07, 6.45) is 10.8. The SMILES string of the molecule is CCCCCCCCCCNCCC(=O)N[C@@H](CCCCN)C(=O)N[C@H](C(=O)N[C@@H](C)C(=O)N[C@@H](CCCCN)C(=O)N[C@@H](C)C(=O)C(=O)O)[C@@H](C)O. The highest BCUT2D eigenvalue weighted by atomic mass is 16.4. The molecular weight excluding hydrogens is 688 g/mol. The minimum Gasteiger partial charge on any atom is -0.475 e. The molecule has 17 heteroatoms. The Morgan fingerprint density at radius 3 is 1.60 bits per heavy atom. The fourth-order valence-electron chi connectivity index (χ4n) is 5.39. The highest BCUT2D eigenvalue weighted by molar-refractivity contribution is 6.35. The predicted octanol–water partition coefficient (Wildman–Crippen LogP) is -0.137. The fourth-order valence-corrected chi connectivity index (χ4v) is 5.39. The third-order valence-corrected chi connectivity index (χ3v) is 8.69. The molecule has 17 nitrogen and oxygen atoms in total. The molecule has 0 fully saturated rings. The Kier molecular flexibility index (Phi) is 27.7. The van der Waals surface area contributed by atoms with Gasteiger partial charge in [-0.3, -0.25) is 28.8 Å². The van der Waals surface area contributed by atoms with Gasteiger partial charge in [0.25, 0.3) is 5.78 Å². The van der Waals surface area contributed by atoms with Gasteiger partial charge in [-0.1, -0.05) is 51.9 Å². The normalized spacial score (nSPS) is 14.5. The molecule has 0 aliphatic carbocycles. The van der Waals surface area contributed by atoms with Crippen LogP contribution in [-0.4, -0.2) is 114 Å². The van der Waals surface area contributed by atoms with E-state index in [2.05, 4.69) is 38.8 Å². The first kappa shape index (κ1) is 49.3. The molecule has 0 saturated carbocycles. The third-order valence-electron chi connectivity index (χ3n) is 8.69. The van der Waals surface area contributed by atoms with Crippen LogP contribution in [0.4, 0.5) is 0 Å². The highest BCUT2D eigenvalue weighted by Crippen LogP contribution is 2.08. The van der Waals surface area contributed by atoms with Crippen molar-refractivity contribution in [2.45, 2.75) is 160 Å². The van der Waals surface area contributed by atoms with Gasteiger partial charge < -0.3 is 53.6 Å². The predicted molar refractivity (Wildman–Crippen MR) is 201 cm³/mol. The van der Waals surface area contributed by atoms with Crippen molar-refractivity contribution in [3.05, 3.63) is 0 Å². The second-order valence-electron chi connectivity index (χ2n) is 13.6. The number of unbranched alkanes of at least 4 members (excludes halogenated alkanes) is 9. The van der Waals surface area contributed by atoms with Crippen LogP contribution in [0.5, 0.6) is 0 Å². The number of carbonyl (C=O) groups is 7. The Morgan fingerprint density at radius 2 is 1.08 bits per heavy atom. The molecule has 0 unspecified atom stereocenters. The lowest BCUT2D eigenvalue weighted by atomic mass is 10.1. The molecule has 0 saturated heterocycles. The van der Waals surface area contributed by atoms with Gasteiger partial charge in [0.1, 0.15) is 24.2 Å². The van der Waals surface area contributed by atoms with E-state index in [9.17, 15) is 38.7 Å². The van der Waals surface area contributed by atoms with E-state index in [-0.39, 0.29) is 25.2 Å². The van der Waals surface area contributed by atoms with Crippen molar-refractivity contribution < 1.29 is 43.8 Å². The largest absolute Gasteiger partial charge is 0.475 e. The molecule has 0 heterocycles. The van der Waals surface area contributed by atoms with Gasteiger partial charge in [0, 0.05) is 13.0 Å². The molecule has 53 heavy (non-hydrogen) atoms. The zero-order valence-corrected chi connectivity index (χ0v) is 32.3. The van der Waals surface area contributed by atoms with Crippen molar-refractivity contribution in [2.24, 2.45) is 11.5 Å². The maximum Gasteiger partial charge on any atom is 0.374 e. The number of amides is 5. The van der Waals surface area contributed by atoms with Crippen LogP contribution in [0.25, 0.3) is 0 Å². The van der Waals surface area contributed by atoms with Crippen LogP contribution in [0.1, 0.15) is 124 Å². The lowest BCUT2D eigenvalue weighted by molar-refractivity contribution is -0.150. The van der Waals surface area contributed by atoms with Crippen molar-refractivity contribution in [1.82, 2.24) is 31.9 Å². The van der Waals surface area contributed by atoms with E-state index < -0.39 is 71.7 Å². The highest BCUT2D eigenvalue weighted by Gasteiger charge is 2.32. The maximum atomic E-state index is 13.3. The van der Waals surface area contributed by atoms with Crippen molar-refractivity contribution in [3.8, 4) is 0 Å². The molecule has 5 amide bonds. The number of ketones is 1. The summed E-state index contributed by atoms with van der Waals surface area (Å²) < 4.78 is 0. The van der Waals surface area contributed by atoms with E-state index >= 15 is 0 Å². The van der Waals surface area contributed by atoms with Crippen LogP contribution in [0.15, 0.2) is 0 Å². The quantitative estimate of drug-likeness (QED) is 0.0317. The van der Waals surface area contributed by atoms with Gasteiger partial charge in [-0.15, -0.1) is 0 Å². The summed E-state index contributed by atoms with van der Waals surface area (Å²) in [5.74, 6) is -6.48. The molecule has 0 rings (SSSR count). The Hall–Kier alpha value is -3.67. The van der Waals surface area contributed by atoms with E-state index in [0.29, 0.717) is 45.3 Å². The zero-order chi connectivity index (χ0) is 40.2. The Bertz CT molecular complexity index is 1120. The molecule has 12 N–H and O–H groups in total. The van der Waals surface area contributed by atoms with Gasteiger partial charge in [0.2, 0.25) is 29.5 Å². The van der Waals surface area contributed by atoms with Crippen molar-refractivity contribution in [2.75, 3.05) is 26.2 Å². The molecule has 0 aliphatic rings. The summed E-state index contributed by atoms with van der Waals surface area (Å²) >= 11 is 0. The number of nitrogens with one attached hydrogen (secondary N) is 6. The topological polar surface area (TPSA) is 284 Å². The number of rotatable bonds is 32. The molecular formula is C36H68N8O9. The van der Waals surface area contributed by atoms with Gasteiger partial charge in [0.05, 0.1) is 12.1 Å². The summed E-state index contributed by atoms with van der Waals surface area (Å²) in [5.41, 5.74) is 11.2. The number of nitrogens with two attached hydrogens (primary N) is 2. The summed E-state index contributed by atoms with van der Waals surface area (Å²) in [6, 6.07) is -6.28. The van der Waals surface area contributed by atoms with Crippen molar-refractivity contribution in [3.63, 3.8) is 0 Å². The standard InChI is InChI=1S/C36H68N8O9/c1-5-6-7-8-9-10-11-16-22-39-23-19-29(46)42-27(17-12-14-20-37)34(50)44-30(26(4)45)35(51)41-25(3)32(48)43-28(18-13-15-21-38)33(49)40-24(2)31(47)36(52)53/h24-28,30,39,45H,5-23,37-38H2,1-4H3,(H,40,49)(H,41,51)(H,42,46)(H,43,48)(H,44,50)(H,52,53)/t24-,25-,26+,27-,28-,30-/m0/s1. The van der Waals surface area contributed by atoms with Gasteiger partial charge in [0.15, 0.2) is 0 Å². The van der Waals surface area contributed by atoms with E-state index in [0.717, 1.165) is 19.4 Å². The van der Waals surface area contributed by atoms with Crippen molar-refractivity contribution >= 4 is 41.3 Å². The lowest BCUT2D eigenvalue weighted by Crippen LogP contribution is -2.60.